The van der Waals surface area contributed by atoms with Crippen LogP contribution in [0.4, 0.5) is 4.79 Å². The molecule has 0 saturated carbocycles. The molecule has 0 radical (unpaired) electrons. The fraction of sp³-hybridized carbons (Fsp3) is 0.368. The Labute approximate surface area is 188 Å². The molecule has 0 aromatic heterocycles. The minimum absolute atomic E-state index is 0.233. The highest BCUT2D eigenvalue weighted by Crippen LogP contribution is 2.42. The van der Waals surface area contributed by atoms with Crippen molar-refractivity contribution in [3.63, 3.8) is 0 Å². The number of imide groups is 1. The summed E-state index contributed by atoms with van der Waals surface area (Å²) in [5.74, 6) is 0.0617. The van der Waals surface area contributed by atoms with Crippen LogP contribution in [0.1, 0.15) is 5.56 Å². The number of carbonyl (C=O) groups excluding carboxylic acids is 2. The third-order valence-electron chi connectivity index (χ3n) is 4.31. The average molecular weight is 478 g/mol. The van der Waals surface area contributed by atoms with E-state index in [1.54, 1.807) is 29.2 Å². The minimum atomic E-state index is -1.87. The monoisotopic (exact) mass is 476 g/mol. The lowest BCUT2D eigenvalue weighted by Gasteiger charge is -2.41. The minimum Gasteiger partial charge on any atom is -0.489 e. The fourth-order valence-corrected chi connectivity index (χ4v) is 4.60. The van der Waals surface area contributed by atoms with Crippen molar-refractivity contribution >= 4 is 63.8 Å². The van der Waals surface area contributed by atoms with Gasteiger partial charge in [-0.05, 0) is 23.9 Å². The van der Waals surface area contributed by atoms with Crippen molar-refractivity contribution in [2.24, 2.45) is 0 Å². The number of alkyl halides is 3. The lowest BCUT2D eigenvalue weighted by molar-refractivity contribution is -0.128. The molecule has 1 aromatic carbocycles. The molecule has 2 amide bonds. The van der Waals surface area contributed by atoms with Crippen molar-refractivity contribution in [3.05, 3.63) is 47.4 Å². The molecule has 2 fully saturated rings. The van der Waals surface area contributed by atoms with E-state index in [0.717, 1.165) is 16.7 Å². The van der Waals surface area contributed by atoms with Gasteiger partial charge < -0.3 is 9.47 Å². The topological polar surface area (TPSA) is 59.1 Å². The molecule has 0 N–H and O–H groups in total. The third-order valence-corrected chi connectivity index (χ3v) is 5.78. The van der Waals surface area contributed by atoms with Crippen LogP contribution in [-0.4, -0.2) is 63.8 Å². The number of hydrogen-bond acceptors (Lipinski definition) is 6. The van der Waals surface area contributed by atoms with Crippen LogP contribution in [-0.2, 0) is 9.53 Å². The molecule has 2 aliphatic rings. The molecule has 1 atom stereocenters. The normalized spacial score (nSPS) is 20.9. The lowest BCUT2D eigenvalue weighted by atomic mass is 10.2. The van der Waals surface area contributed by atoms with Gasteiger partial charge in [-0.15, -0.1) is 0 Å². The zero-order chi connectivity index (χ0) is 21.0. The van der Waals surface area contributed by atoms with E-state index >= 15 is 0 Å². The summed E-state index contributed by atoms with van der Waals surface area (Å²) in [5, 5.41) is -0.492. The highest BCUT2D eigenvalue weighted by Gasteiger charge is 2.50. The molecule has 0 bridgehead atoms. The Morgan fingerprint density at radius 3 is 2.59 bits per heavy atom. The summed E-state index contributed by atoms with van der Waals surface area (Å²) in [7, 11) is 0. The number of thioether (sulfide) groups is 1. The first-order valence-electron chi connectivity index (χ1n) is 8.81. The molecule has 6 nitrogen and oxygen atoms in total. The lowest BCUT2D eigenvalue weighted by Crippen LogP contribution is -2.59. The predicted molar refractivity (Wildman–Crippen MR) is 116 cm³/mol. The molecule has 156 valence electrons. The van der Waals surface area contributed by atoms with Crippen LogP contribution in [0.3, 0.4) is 0 Å². The maximum absolute atomic E-state index is 13.1. The van der Waals surface area contributed by atoms with E-state index in [2.05, 4.69) is 6.58 Å². The number of halogens is 3. The van der Waals surface area contributed by atoms with Gasteiger partial charge in [-0.1, -0.05) is 65.7 Å². The molecule has 0 unspecified atom stereocenters. The summed E-state index contributed by atoms with van der Waals surface area (Å²) in [5.41, 5.74) is 0.664. The number of morpholine rings is 1. The highest BCUT2D eigenvalue weighted by molar-refractivity contribution is 8.18. The summed E-state index contributed by atoms with van der Waals surface area (Å²) >= 11 is 19.3. The molecule has 10 heteroatoms. The number of para-hydroxylation sites is 1. The Kier molecular flexibility index (Phi) is 7.53. The molecule has 0 spiro atoms. The first kappa shape index (κ1) is 22.5. The second-order valence-electron chi connectivity index (χ2n) is 6.25. The van der Waals surface area contributed by atoms with Gasteiger partial charge >= 0.3 is 0 Å². The maximum atomic E-state index is 13.1. The van der Waals surface area contributed by atoms with Gasteiger partial charge in [-0.25, -0.2) is 4.90 Å². The number of nitrogens with zero attached hydrogens (tertiary/aromatic N) is 2. The SMILES string of the molecule is C=CCOc1ccccc1/C=C1\SC(=O)N([C@H](N2CCOCC2)C(Cl)(Cl)Cl)C1=O. The van der Waals surface area contributed by atoms with Crippen LogP contribution >= 0.6 is 46.6 Å². The van der Waals surface area contributed by atoms with E-state index in [-0.39, 0.29) is 4.91 Å². The van der Waals surface area contributed by atoms with Gasteiger partial charge in [0.2, 0.25) is 3.79 Å². The summed E-state index contributed by atoms with van der Waals surface area (Å²) in [4.78, 5) is 28.8. The van der Waals surface area contributed by atoms with Crippen molar-refractivity contribution in [2.75, 3.05) is 32.9 Å². The molecule has 2 heterocycles. The van der Waals surface area contributed by atoms with E-state index in [1.165, 1.54) is 0 Å². The number of ether oxygens (including phenoxy) is 2. The van der Waals surface area contributed by atoms with E-state index in [9.17, 15) is 9.59 Å². The van der Waals surface area contributed by atoms with E-state index < -0.39 is 21.1 Å². The van der Waals surface area contributed by atoms with Gasteiger partial charge in [0.05, 0.1) is 18.1 Å². The number of rotatable bonds is 6. The van der Waals surface area contributed by atoms with Crippen LogP contribution in [0.15, 0.2) is 41.8 Å². The number of amides is 2. The standard InChI is InChI=1S/C19H19Cl3N2O4S/c1-2-9-28-14-6-4-3-5-13(14)12-15-16(25)24(18(26)29-15)17(19(20,21)22)23-7-10-27-11-8-23/h2-6,12,17H,1,7-11H2/b15-12-/t17-/m0/s1. The first-order valence-corrected chi connectivity index (χ1v) is 10.8. The van der Waals surface area contributed by atoms with Crippen LogP contribution in [0, 0.1) is 0 Å². The van der Waals surface area contributed by atoms with Crippen molar-refractivity contribution in [3.8, 4) is 5.75 Å². The van der Waals surface area contributed by atoms with E-state index in [1.807, 2.05) is 12.1 Å². The molecular weight excluding hydrogens is 459 g/mol. The fourth-order valence-electron chi connectivity index (χ4n) is 3.05. The van der Waals surface area contributed by atoms with Crippen molar-refractivity contribution in [1.29, 1.82) is 0 Å². The summed E-state index contributed by atoms with van der Waals surface area (Å²) < 4.78 is 9.07. The summed E-state index contributed by atoms with van der Waals surface area (Å²) in [6.07, 6.45) is 2.21. The molecule has 2 saturated heterocycles. The molecule has 2 aliphatic heterocycles. The predicted octanol–water partition coefficient (Wildman–Crippen LogP) is 4.32. The number of carbonyl (C=O) groups is 2. The third kappa shape index (κ3) is 5.29. The van der Waals surface area contributed by atoms with Crippen LogP contribution in [0.5, 0.6) is 5.75 Å². The molecule has 0 aliphatic carbocycles. The van der Waals surface area contributed by atoms with Crippen LogP contribution < -0.4 is 4.74 Å². The average Bonchev–Trinajstić information content (AvgIpc) is 2.95. The van der Waals surface area contributed by atoms with Gasteiger partial charge in [-0.2, -0.15) is 0 Å². The zero-order valence-electron chi connectivity index (χ0n) is 15.4. The summed E-state index contributed by atoms with van der Waals surface area (Å²) in [6, 6.07) is 7.20. The molecule has 3 rings (SSSR count). The quantitative estimate of drug-likeness (QED) is 0.346. The van der Waals surface area contributed by atoms with Crippen molar-refractivity contribution in [1.82, 2.24) is 9.80 Å². The molecule has 1 aromatic rings. The Morgan fingerprint density at radius 1 is 1.24 bits per heavy atom. The zero-order valence-corrected chi connectivity index (χ0v) is 18.4. The smallest absolute Gasteiger partial charge is 0.295 e. The van der Waals surface area contributed by atoms with Crippen molar-refractivity contribution < 1.29 is 19.1 Å². The summed E-state index contributed by atoms with van der Waals surface area (Å²) in [6.45, 7) is 5.68. The van der Waals surface area contributed by atoms with E-state index in [0.29, 0.717) is 44.2 Å². The Balaban J connectivity index is 1.90. The Bertz CT molecular complexity index is 822. The number of hydrogen-bond donors (Lipinski definition) is 0. The van der Waals surface area contributed by atoms with Gasteiger partial charge in [-0.3, -0.25) is 14.5 Å². The number of benzene rings is 1. The maximum Gasteiger partial charge on any atom is 0.295 e. The van der Waals surface area contributed by atoms with Crippen LogP contribution in [0.2, 0.25) is 0 Å². The van der Waals surface area contributed by atoms with Gasteiger partial charge in [0, 0.05) is 18.7 Å². The first-order chi connectivity index (χ1) is 13.8. The van der Waals surface area contributed by atoms with Crippen molar-refractivity contribution in [2.45, 2.75) is 9.96 Å². The molecular formula is C19H19Cl3N2O4S. The second kappa shape index (κ2) is 9.73. The van der Waals surface area contributed by atoms with Gasteiger partial charge in [0.15, 0.2) is 0 Å². The van der Waals surface area contributed by atoms with Crippen LogP contribution in [0.25, 0.3) is 6.08 Å². The molecule has 29 heavy (non-hydrogen) atoms. The highest BCUT2D eigenvalue weighted by atomic mass is 35.6. The largest absolute Gasteiger partial charge is 0.489 e. The van der Waals surface area contributed by atoms with Gasteiger partial charge in [0.25, 0.3) is 11.1 Å². The van der Waals surface area contributed by atoms with Gasteiger partial charge in [0.1, 0.15) is 18.5 Å². The Hall–Kier alpha value is -1.22. The van der Waals surface area contributed by atoms with E-state index in [4.69, 9.17) is 44.3 Å². The second-order valence-corrected chi connectivity index (χ2v) is 9.61. The Morgan fingerprint density at radius 2 is 1.93 bits per heavy atom.